The first-order valence-electron chi connectivity index (χ1n) is 33.4. The fraction of sp³-hybridized carbons (Fsp3) is 0.521. The van der Waals surface area contributed by atoms with Gasteiger partial charge in [0.25, 0.3) is 0 Å². The number of ether oxygens (including phenoxy) is 3. The van der Waals surface area contributed by atoms with Crippen LogP contribution in [0.1, 0.15) is 104 Å². The molecule has 3 aliphatic rings. The van der Waals surface area contributed by atoms with Crippen molar-refractivity contribution in [1.29, 1.82) is 0 Å². The van der Waals surface area contributed by atoms with Gasteiger partial charge >= 0.3 is 11.9 Å². The SMILES string of the molecule is CN[C@@H](C)C(=O)N[C@H](C(=O)N1CC[C@H]2OCc3cn(nn3)CC[C@@H](C(=O)OC)NC(=O)[C@H](Cc3ccc4ccccc4c3)NC(=O)[C@@H]3[C@@H](CCN3C(=O)[C@@H](NC(=O)[C@H](C)NC)C(C)(C)C)OC/C=C/CC[C@@H](C(=O)O)NC(=O)[C@H](Cc3ccc4ccccc4c3)NC(=O)[C@H]21)C(C)(C)C. The normalized spacial score (nSPS) is 23.7. The fourth-order valence-electron chi connectivity index (χ4n) is 12.3. The highest BCUT2D eigenvalue weighted by atomic mass is 16.5. The number of nitrogens with zero attached hydrogens (tertiary/aromatic N) is 5. The van der Waals surface area contributed by atoms with Crippen molar-refractivity contribution >= 4 is 80.7 Å². The number of nitrogens with one attached hydrogen (secondary N) is 8. The molecule has 8 rings (SSSR count). The van der Waals surface area contributed by atoms with Crippen molar-refractivity contribution in [3.05, 3.63) is 120 Å². The Morgan fingerprint density at radius 3 is 1.53 bits per heavy atom. The summed E-state index contributed by atoms with van der Waals surface area (Å²) in [6.07, 6.45) is 2.70. The molecule has 4 heterocycles. The predicted octanol–water partition coefficient (Wildman–Crippen LogP) is 2.76. The number of amides is 8. The lowest BCUT2D eigenvalue weighted by atomic mass is 9.85. The van der Waals surface area contributed by atoms with E-state index in [4.69, 9.17) is 14.2 Å². The molecule has 0 spiro atoms. The third-order valence-corrected chi connectivity index (χ3v) is 18.3. The van der Waals surface area contributed by atoms with Crippen molar-refractivity contribution in [2.75, 3.05) is 40.9 Å². The second kappa shape index (κ2) is 33.4. The zero-order chi connectivity index (χ0) is 71.2. The summed E-state index contributed by atoms with van der Waals surface area (Å²) >= 11 is 0. The number of allylic oxidation sites excluding steroid dienone is 1. The maximum absolute atomic E-state index is 15.3. The van der Waals surface area contributed by atoms with E-state index in [0.717, 1.165) is 21.5 Å². The van der Waals surface area contributed by atoms with Crippen LogP contribution in [0.5, 0.6) is 0 Å². The zero-order valence-corrected chi connectivity index (χ0v) is 57.7. The van der Waals surface area contributed by atoms with Crippen LogP contribution in [0.15, 0.2) is 103 Å². The van der Waals surface area contributed by atoms with E-state index in [-0.39, 0.29) is 83.5 Å². The second-order valence-electron chi connectivity index (χ2n) is 27.6. The molecule has 12 atom stereocenters. The summed E-state index contributed by atoms with van der Waals surface area (Å²) in [7, 11) is 4.39. The number of likely N-dealkylation sites (tertiary alicyclic amines) is 2. The molecular formula is C71H95N13O14. The van der Waals surface area contributed by atoms with Gasteiger partial charge < -0.3 is 71.7 Å². The van der Waals surface area contributed by atoms with Gasteiger partial charge in [-0.15, -0.1) is 5.10 Å². The molecule has 27 heteroatoms. The van der Waals surface area contributed by atoms with Crippen LogP contribution in [0.2, 0.25) is 0 Å². The van der Waals surface area contributed by atoms with E-state index in [1.807, 2.05) is 78.9 Å². The Balaban J connectivity index is 1.16. The molecule has 27 nitrogen and oxygen atoms in total. The van der Waals surface area contributed by atoms with Gasteiger partial charge in [0.05, 0.1) is 50.8 Å². The highest BCUT2D eigenvalue weighted by Crippen LogP contribution is 2.31. The highest BCUT2D eigenvalue weighted by molar-refractivity contribution is 5.99. The number of carbonyl (C=O) groups excluding carboxylic acids is 9. The summed E-state index contributed by atoms with van der Waals surface area (Å²) in [5, 5.41) is 45.6. The van der Waals surface area contributed by atoms with Crippen LogP contribution in [0.25, 0.3) is 21.5 Å². The number of aryl methyl sites for hydroxylation is 1. The second-order valence-corrected chi connectivity index (χ2v) is 27.6. The number of fused-ring (bicyclic) bond motifs is 6. The first-order chi connectivity index (χ1) is 46.6. The summed E-state index contributed by atoms with van der Waals surface area (Å²) in [6, 6.07) is 14.3. The van der Waals surface area contributed by atoms with E-state index in [2.05, 4.69) is 52.8 Å². The van der Waals surface area contributed by atoms with Crippen molar-refractivity contribution in [1.82, 2.24) is 67.3 Å². The molecule has 0 aliphatic carbocycles. The maximum atomic E-state index is 15.3. The third-order valence-electron chi connectivity index (χ3n) is 18.3. The molecule has 2 bridgehead atoms. The summed E-state index contributed by atoms with van der Waals surface area (Å²) < 4.78 is 19.6. The van der Waals surface area contributed by atoms with Gasteiger partial charge in [0.2, 0.25) is 47.3 Å². The Morgan fingerprint density at radius 1 is 0.602 bits per heavy atom. The number of benzene rings is 4. The predicted molar refractivity (Wildman–Crippen MR) is 364 cm³/mol. The van der Waals surface area contributed by atoms with Crippen molar-refractivity contribution in [2.45, 2.75) is 186 Å². The Hall–Kier alpha value is -9.18. The quantitative estimate of drug-likeness (QED) is 0.0570. The molecule has 9 N–H and O–H groups in total. The van der Waals surface area contributed by atoms with Crippen LogP contribution in [0.4, 0.5) is 0 Å². The monoisotopic (exact) mass is 1350 g/mol. The number of methoxy groups -OCH3 is 1. The average Bonchev–Trinajstić information content (AvgIpc) is 1.58. The van der Waals surface area contributed by atoms with Crippen LogP contribution < -0.4 is 42.5 Å². The summed E-state index contributed by atoms with van der Waals surface area (Å²) in [5.41, 5.74) is -0.204. The smallest absolute Gasteiger partial charge is 0.328 e. The van der Waals surface area contributed by atoms with E-state index >= 15 is 19.2 Å². The van der Waals surface area contributed by atoms with E-state index in [9.17, 15) is 33.9 Å². The first kappa shape index (κ1) is 74.6. The number of esters is 1. The molecule has 8 amide bonds. The van der Waals surface area contributed by atoms with Crippen LogP contribution in [-0.4, -0.2) is 203 Å². The molecule has 0 unspecified atom stereocenters. The Kier molecular flexibility index (Phi) is 25.4. The van der Waals surface area contributed by atoms with E-state index in [1.54, 1.807) is 93.9 Å². The number of carboxylic acid groups (broad SMARTS) is 1. The molecule has 5 aromatic rings. The molecule has 0 saturated carbocycles. The lowest BCUT2D eigenvalue weighted by Crippen LogP contribution is -2.62. The minimum absolute atomic E-state index is 0.00521. The topological polar surface area (TPSA) is 352 Å². The van der Waals surface area contributed by atoms with E-state index in [1.165, 1.54) is 21.6 Å². The molecule has 4 aromatic carbocycles. The van der Waals surface area contributed by atoms with Crippen LogP contribution in [0.3, 0.4) is 0 Å². The summed E-state index contributed by atoms with van der Waals surface area (Å²) in [5.74, 6) is -7.41. The van der Waals surface area contributed by atoms with Crippen molar-refractivity contribution in [3.63, 3.8) is 0 Å². The Morgan fingerprint density at radius 2 is 1.07 bits per heavy atom. The lowest BCUT2D eigenvalue weighted by molar-refractivity contribution is -0.147. The van der Waals surface area contributed by atoms with Crippen molar-refractivity contribution < 1.29 is 67.3 Å². The largest absolute Gasteiger partial charge is 0.480 e. The third kappa shape index (κ3) is 19.1. The van der Waals surface area contributed by atoms with Gasteiger partial charge in [-0.25, -0.2) is 9.59 Å². The van der Waals surface area contributed by atoms with E-state index in [0.29, 0.717) is 11.1 Å². The van der Waals surface area contributed by atoms with Gasteiger partial charge in [-0.1, -0.05) is 144 Å². The standard InChI is InChI=1S/C71H95N13O14/c1-41(72-9)60(85)78-58(70(3,4)5)66(91)83-32-29-54-56(83)64(89)77-53(38-44-25-27-46-20-15-17-22-48(46)36-44)63(88)75-51(69(95)96-11)28-31-82-39-49(80-81-82)40-98-55-30-33-84(67(92)59(71(6,7)8)79-61(86)42(2)73-10)57(55)65(90)76-52(37-43-24-26-45-19-14-16-21-47(45)35-43)62(87)74-50(68(93)94)23-13-12-18-34-97-54/h12,14-22,24-27,35-36,39,41-42,50-59,72-73H,13,23,28-34,37-38,40H2,1-11H3,(H,74,87)(H,75,88)(H,76,90)(H,77,89)(H,78,85)(H,79,86)(H,93,94)/b18-12+/t41-,42-,50-,51-,52-,53-,54+,55+,56-,57-,58+,59+/m0/s1. The number of aromatic nitrogens is 3. The highest BCUT2D eigenvalue weighted by Gasteiger charge is 2.50. The molecular weight excluding hydrogens is 1260 g/mol. The van der Waals surface area contributed by atoms with Crippen LogP contribution in [0, 0.1) is 10.8 Å². The molecule has 98 heavy (non-hydrogen) atoms. The Labute approximate surface area is 571 Å². The first-order valence-corrected chi connectivity index (χ1v) is 33.4. The van der Waals surface area contributed by atoms with Crippen LogP contribution >= 0.6 is 0 Å². The number of carbonyl (C=O) groups is 10. The van der Waals surface area contributed by atoms with Gasteiger partial charge in [-0.3, -0.25) is 43.0 Å². The number of rotatable bonds is 14. The van der Waals surface area contributed by atoms with Gasteiger partial charge in [-0.05, 0) is 104 Å². The zero-order valence-electron chi connectivity index (χ0n) is 57.7. The molecule has 0 radical (unpaired) electrons. The van der Waals surface area contributed by atoms with Gasteiger partial charge in [-0.2, -0.15) is 0 Å². The Bertz CT molecular complexity index is 3730. The molecule has 2 fully saturated rings. The van der Waals surface area contributed by atoms with Gasteiger partial charge in [0, 0.05) is 32.5 Å². The number of carboxylic acids is 1. The van der Waals surface area contributed by atoms with Crippen LogP contribution in [-0.2, 0) is 88.1 Å². The lowest BCUT2D eigenvalue weighted by Gasteiger charge is -2.37. The van der Waals surface area contributed by atoms with Crippen molar-refractivity contribution in [2.24, 2.45) is 10.8 Å². The molecule has 3 aliphatic heterocycles. The minimum atomic E-state index is -1.48. The van der Waals surface area contributed by atoms with Crippen molar-refractivity contribution in [3.8, 4) is 0 Å². The fourth-order valence-corrected chi connectivity index (χ4v) is 12.3. The van der Waals surface area contributed by atoms with E-state index < -0.39 is 143 Å². The average molecular weight is 1350 g/mol. The molecule has 1 aromatic heterocycles. The molecule has 528 valence electrons. The number of aliphatic carboxylic acids is 1. The minimum Gasteiger partial charge on any atom is -0.480 e. The van der Waals surface area contributed by atoms with Gasteiger partial charge in [0.15, 0.2) is 0 Å². The number of hydrogen-bond donors (Lipinski definition) is 9. The summed E-state index contributed by atoms with van der Waals surface area (Å²) in [4.78, 5) is 147. The maximum Gasteiger partial charge on any atom is 0.328 e. The number of hydrogen-bond acceptors (Lipinski definition) is 17. The summed E-state index contributed by atoms with van der Waals surface area (Å²) in [6.45, 7) is 13.6. The molecule has 2 saturated heterocycles. The number of likely N-dealkylation sites (N-methyl/N-ethyl adjacent to an activating group) is 2. The van der Waals surface area contributed by atoms with Gasteiger partial charge in [0.1, 0.15) is 54.0 Å².